The van der Waals surface area contributed by atoms with Gasteiger partial charge in [0.1, 0.15) is 0 Å². The van der Waals surface area contributed by atoms with Crippen molar-refractivity contribution in [1.82, 2.24) is 4.31 Å². The van der Waals surface area contributed by atoms with Gasteiger partial charge in [-0.1, -0.05) is 0 Å². The van der Waals surface area contributed by atoms with E-state index in [1.165, 1.54) is 15.6 Å². The van der Waals surface area contributed by atoms with E-state index in [9.17, 15) is 8.42 Å². The van der Waals surface area contributed by atoms with Crippen molar-refractivity contribution >= 4 is 48.9 Å². The molecule has 0 aliphatic rings. The second-order valence-corrected chi connectivity index (χ2v) is 7.83. The first-order valence-electron chi connectivity index (χ1n) is 4.68. The number of rotatable bonds is 6. The first kappa shape index (κ1) is 14.4. The van der Waals surface area contributed by atoms with Crippen molar-refractivity contribution in [2.75, 3.05) is 18.7 Å². The van der Waals surface area contributed by atoms with Crippen LogP contribution >= 0.6 is 38.9 Å². The number of sulfonamides is 1. The molecule has 1 aromatic heterocycles. The van der Waals surface area contributed by atoms with E-state index in [1.54, 1.807) is 7.05 Å². The molecule has 0 N–H and O–H groups in total. The van der Waals surface area contributed by atoms with Gasteiger partial charge in [-0.2, -0.15) is 4.31 Å². The van der Waals surface area contributed by atoms with E-state index in [0.717, 1.165) is 9.35 Å². The highest BCUT2D eigenvalue weighted by atomic mass is 79.9. The van der Waals surface area contributed by atoms with Crippen LogP contribution in [0.3, 0.4) is 0 Å². The van der Waals surface area contributed by atoms with Gasteiger partial charge in [-0.3, -0.25) is 0 Å². The SMILES string of the molecule is CN(Cc1cc(Br)cs1)S(=O)(=O)CCCCl. The van der Waals surface area contributed by atoms with Crippen LogP contribution in [0.2, 0.25) is 0 Å². The lowest BCUT2D eigenvalue weighted by Crippen LogP contribution is -2.28. The van der Waals surface area contributed by atoms with E-state index in [4.69, 9.17) is 11.6 Å². The van der Waals surface area contributed by atoms with Gasteiger partial charge in [0.15, 0.2) is 0 Å². The minimum atomic E-state index is -3.17. The van der Waals surface area contributed by atoms with Crippen LogP contribution in [-0.2, 0) is 16.6 Å². The highest BCUT2D eigenvalue weighted by molar-refractivity contribution is 9.10. The zero-order valence-corrected chi connectivity index (χ0v) is 12.8. The Morgan fingerprint density at radius 3 is 2.75 bits per heavy atom. The topological polar surface area (TPSA) is 37.4 Å². The fourth-order valence-corrected chi connectivity index (χ4v) is 4.18. The van der Waals surface area contributed by atoms with Crippen molar-refractivity contribution in [2.45, 2.75) is 13.0 Å². The molecular weight excluding hydrogens is 334 g/mol. The number of hydrogen-bond acceptors (Lipinski definition) is 3. The fraction of sp³-hybridized carbons (Fsp3) is 0.556. The van der Waals surface area contributed by atoms with Crippen LogP contribution in [0.1, 0.15) is 11.3 Å². The van der Waals surface area contributed by atoms with Crippen LogP contribution in [0.15, 0.2) is 15.9 Å². The molecule has 0 aliphatic carbocycles. The van der Waals surface area contributed by atoms with E-state index in [2.05, 4.69) is 15.9 Å². The maximum absolute atomic E-state index is 11.8. The summed E-state index contributed by atoms with van der Waals surface area (Å²) >= 11 is 10.4. The van der Waals surface area contributed by atoms with E-state index in [-0.39, 0.29) is 5.75 Å². The zero-order chi connectivity index (χ0) is 12.2. The lowest BCUT2D eigenvalue weighted by molar-refractivity contribution is 0.469. The van der Waals surface area contributed by atoms with Crippen molar-refractivity contribution in [3.05, 3.63) is 20.8 Å². The third kappa shape index (κ3) is 4.33. The normalized spacial score (nSPS) is 12.2. The molecule has 0 amide bonds. The zero-order valence-electron chi connectivity index (χ0n) is 8.82. The molecule has 92 valence electrons. The molecule has 0 unspecified atom stereocenters. The summed E-state index contributed by atoms with van der Waals surface area (Å²) in [5.41, 5.74) is 0. The molecule has 0 spiro atoms. The summed E-state index contributed by atoms with van der Waals surface area (Å²) in [4.78, 5) is 1.02. The Balaban J connectivity index is 2.61. The van der Waals surface area contributed by atoms with Gasteiger partial charge in [0.2, 0.25) is 10.0 Å². The number of alkyl halides is 1. The summed E-state index contributed by atoms with van der Waals surface area (Å²) in [5.74, 6) is 0.483. The minimum Gasteiger partial charge on any atom is -0.212 e. The molecule has 0 saturated carbocycles. The first-order chi connectivity index (χ1) is 7.45. The summed E-state index contributed by atoms with van der Waals surface area (Å²) in [6.07, 6.45) is 0.488. The molecule has 0 radical (unpaired) electrons. The molecule has 3 nitrogen and oxygen atoms in total. The van der Waals surface area contributed by atoms with Crippen LogP contribution in [0.4, 0.5) is 0 Å². The van der Waals surface area contributed by atoms with Gasteiger partial charge in [-0.25, -0.2) is 8.42 Å². The molecule has 0 fully saturated rings. The van der Waals surface area contributed by atoms with Crippen LogP contribution < -0.4 is 0 Å². The van der Waals surface area contributed by atoms with E-state index in [1.807, 2.05) is 11.4 Å². The largest absolute Gasteiger partial charge is 0.214 e. The standard InChI is InChI=1S/C9H13BrClNO2S2/c1-12(16(13,14)4-2-3-11)6-9-5-8(10)7-15-9/h5,7H,2-4,6H2,1H3. The summed E-state index contributed by atoms with van der Waals surface area (Å²) < 4.78 is 25.9. The molecular formula is C9H13BrClNO2S2. The molecule has 0 aromatic carbocycles. The van der Waals surface area contributed by atoms with E-state index < -0.39 is 10.0 Å². The van der Waals surface area contributed by atoms with Gasteiger partial charge in [0.25, 0.3) is 0 Å². The Morgan fingerprint density at radius 2 is 2.25 bits per heavy atom. The Bertz CT molecular complexity index is 432. The third-order valence-electron chi connectivity index (χ3n) is 2.01. The fourth-order valence-electron chi connectivity index (χ4n) is 1.15. The Hall–Kier alpha value is 0.380. The van der Waals surface area contributed by atoms with Gasteiger partial charge in [-0.15, -0.1) is 22.9 Å². The average molecular weight is 347 g/mol. The number of nitrogens with zero attached hydrogens (tertiary/aromatic N) is 1. The Kier molecular flexibility index (Phi) is 5.73. The summed E-state index contributed by atoms with van der Waals surface area (Å²) in [5, 5.41) is 1.94. The summed E-state index contributed by atoms with van der Waals surface area (Å²) in [6.45, 7) is 0.418. The summed E-state index contributed by atoms with van der Waals surface area (Å²) in [6, 6.07) is 1.93. The summed E-state index contributed by atoms with van der Waals surface area (Å²) in [7, 11) is -1.58. The van der Waals surface area contributed by atoms with Crippen molar-refractivity contribution in [3.63, 3.8) is 0 Å². The molecule has 0 bridgehead atoms. The predicted octanol–water partition coefficient (Wildman–Crippen LogP) is 2.90. The maximum atomic E-state index is 11.8. The van der Waals surface area contributed by atoms with Crippen LogP contribution in [-0.4, -0.2) is 31.4 Å². The predicted molar refractivity (Wildman–Crippen MR) is 72.6 cm³/mol. The molecule has 1 rings (SSSR count). The molecule has 1 heterocycles. The second-order valence-electron chi connectivity index (χ2n) is 3.35. The van der Waals surface area contributed by atoms with Gasteiger partial charge in [-0.05, 0) is 28.4 Å². The highest BCUT2D eigenvalue weighted by Crippen LogP contribution is 2.21. The smallest absolute Gasteiger partial charge is 0.212 e. The van der Waals surface area contributed by atoms with Crippen LogP contribution in [0, 0.1) is 0 Å². The van der Waals surface area contributed by atoms with Gasteiger partial charge < -0.3 is 0 Å². The number of hydrogen-bond donors (Lipinski definition) is 0. The van der Waals surface area contributed by atoms with Gasteiger partial charge in [0.05, 0.1) is 5.75 Å². The lowest BCUT2D eigenvalue weighted by Gasteiger charge is -2.15. The second kappa shape index (κ2) is 6.35. The Morgan fingerprint density at radius 1 is 1.56 bits per heavy atom. The van der Waals surface area contributed by atoms with Crippen molar-refractivity contribution in [3.8, 4) is 0 Å². The van der Waals surface area contributed by atoms with Crippen molar-refractivity contribution in [2.24, 2.45) is 0 Å². The molecule has 16 heavy (non-hydrogen) atoms. The molecule has 1 aromatic rings. The highest BCUT2D eigenvalue weighted by Gasteiger charge is 2.17. The van der Waals surface area contributed by atoms with Gasteiger partial charge >= 0.3 is 0 Å². The lowest BCUT2D eigenvalue weighted by atomic mass is 10.5. The first-order valence-corrected chi connectivity index (χ1v) is 8.50. The molecule has 0 aliphatic heterocycles. The number of thiophene rings is 1. The monoisotopic (exact) mass is 345 g/mol. The minimum absolute atomic E-state index is 0.111. The quantitative estimate of drug-likeness (QED) is 0.743. The molecule has 7 heteroatoms. The molecule has 0 saturated heterocycles. The third-order valence-corrected chi connectivity index (χ3v) is 5.84. The van der Waals surface area contributed by atoms with Crippen LogP contribution in [0.5, 0.6) is 0 Å². The van der Waals surface area contributed by atoms with E-state index >= 15 is 0 Å². The van der Waals surface area contributed by atoms with Gasteiger partial charge in [0, 0.05) is 34.2 Å². The average Bonchev–Trinajstić information content (AvgIpc) is 2.61. The van der Waals surface area contributed by atoms with Crippen molar-refractivity contribution < 1.29 is 8.42 Å². The van der Waals surface area contributed by atoms with Crippen LogP contribution in [0.25, 0.3) is 0 Å². The number of halogens is 2. The Labute approximate surface area is 114 Å². The maximum Gasteiger partial charge on any atom is 0.214 e. The van der Waals surface area contributed by atoms with E-state index in [0.29, 0.717) is 18.8 Å². The molecule has 0 atom stereocenters. The van der Waals surface area contributed by atoms with Crippen molar-refractivity contribution in [1.29, 1.82) is 0 Å².